The van der Waals surface area contributed by atoms with Gasteiger partial charge < -0.3 is 14.8 Å². The van der Waals surface area contributed by atoms with Gasteiger partial charge in [0, 0.05) is 12.7 Å². The van der Waals surface area contributed by atoms with E-state index in [4.69, 9.17) is 0 Å². The number of nitrogens with zero attached hydrogens (tertiary/aromatic N) is 3. The second-order valence-electron chi connectivity index (χ2n) is 5.83. The Labute approximate surface area is 140 Å². The van der Waals surface area contributed by atoms with Crippen molar-refractivity contribution in [2.24, 2.45) is 5.92 Å². The molecule has 1 saturated heterocycles. The first-order chi connectivity index (χ1) is 11.0. The van der Waals surface area contributed by atoms with E-state index in [1.165, 1.54) is 28.4 Å². The molecule has 3 aliphatic heterocycles. The number of imidazole rings is 1. The fourth-order valence-corrected chi connectivity index (χ4v) is 6.56. The summed E-state index contributed by atoms with van der Waals surface area (Å²) in [5.74, 6) is -1.92. The lowest BCUT2D eigenvalue weighted by molar-refractivity contribution is -0.156. The van der Waals surface area contributed by atoms with Gasteiger partial charge in [0.15, 0.2) is 5.70 Å². The second-order valence-corrected chi connectivity index (χ2v) is 8.43. The van der Waals surface area contributed by atoms with Crippen LogP contribution in [0.1, 0.15) is 24.3 Å². The number of aryl methyl sites for hydroxylation is 1. The summed E-state index contributed by atoms with van der Waals surface area (Å²) in [6.45, 7) is 2.44. The summed E-state index contributed by atoms with van der Waals surface area (Å²) >= 11 is 2.87. The van der Waals surface area contributed by atoms with Crippen LogP contribution in [0.4, 0.5) is 0 Å². The fraction of sp³-hybridized carbons (Fsp3) is 0.500. The highest BCUT2D eigenvalue weighted by Gasteiger charge is 2.58. The number of thioether (sulfide) groups is 2. The number of carbonyl (C=O) groups is 2. The number of β-lactam (4-membered cyclic amide) rings is 1. The van der Waals surface area contributed by atoms with Gasteiger partial charge in [-0.2, -0.15) is 0 Å². The van der Waals surface area contributed by atoms with Gasteiger partial charge in [0.2, 0.25) is 5.91 Å². The normalized spacial score (nSPS) is 30.3. The molecule has 2 N–H and O–H groups in total. The molecule has 4 atom stereocenters. The molecule has 0 saturated carbocycles. The minimum Gasteiger partial charge on any atom is -0.477 e. The number of amides is 1. The van der Waals surface area contributed by atoms with Crippen LogP contribution in [-0.4, -0.2) is 48.0 Å². The molecule has 1 amide bonds. The van der Waals surface area contributed by atoms with Gasteiger partial charge >= 0.3 is 5.97 Å². The highest BCUT2D eigenvalue weighted by molar-refractivity contribution is 8.22. The zero-order valence-electron chi connectivity index (χ0n) is 12.2. The van der Waals surface area contributed by atoms with Crippen LogP contribution in [0.5, 0.6) is 0 Å². The number of carbonyl (C=O) groups excluding carboxylic acids is 1. The van der Waals surface area contributed by atoms with Crippen LogP contribution in [0.25, 0.3) is 0 Å². The van der Waals surface area contributed by atoms with Crippen LogP contribution in [0.3, 0.4) is 0 Å². The third-order valence-electron chi connectivity index (χ3n) is 4.42. The topological polar surface area (TPSA) is 95.7 Å². The van der Waals surface area contributed by atoms with E-state index in [1.807, 2.05) is 6.20 Å². The molecule has 0 radical (unpaired) electrons. The minimum absolute atomic E-state index is 0.0601. The molecule has 1 aromatic rings. The molecule has 4 rings (SSSR count). The summed E-state index contributed by atoms with van der Waals surface area (Å²) in [7, 11) is 0. The number of carboxylic acid groups (broad SMARTS) is 1. The fourth-order valence-electron chi connectivity index (χ4n) is 3.27. The Bertz CT molecular complexity index is 729. The number of fused-ring (bicyclic) bond motifs is 2. The van der Waals surface area contributed by atoms with Gasteiger partial charge in [-0.1, -0.05) is 11.8 Å². The summed E-state index contributed by atoms with van der Waals surface area (Å²) in [5.41, 5.74) is 1.14. The van der Waals surface area contributed by atoms with E-state index < -0.39 is 18.0 Å². The Morgan fingerprint density at radius 3 is 3.04 bits per heavy atom. The summed E-state index contributed by atoms with van der Waals surface area (Å²) in [6.07, 6.45) is 3.73. The van der Waals surface area contributed by atoms with Gasteiger partial charge in [0.25, 0.3) is 0 Å². The van der Waals surface area contributed by atoms with Crippen molar-refractivity contribution in [3.05, 3.63) is 28.2 Å². The van der Waals surface area contributed by atoms with Crippen LogP contribution in [0.15, 0.2) is 22.5 Å². The van der Waals surface area contributed by atoms with Gasteiger partial charge in [-0.25, -0.2) is 9.78 Å². The predicted molar refractivity (Wildman–Crippen MR) is 85.2 cm³/mol. The van der Waals surface area contributed by atoms with Gasteiger partial charge in [-0.05, 0) is 13.3 Å². The molecular formula is C14H15N3O4S2. The quantitative estimate of drug-likeness (QED) is 0.786. The van der Waals surface area contributed by atoms with E-state index in [0.29, 0.717) is 4.24 Å². The SMILES string of the molecule is C[C@@H](O)[C@H]1C(=O)N2C(C(=O)O)=C(SC3CCn4cncc43)S[C@H]12. The minimum atomic E-state index is -1.09. The monoisotopic (exact) mass is 353 g/mol. The number of aliphatic carboxylic acids is 1. The van der Waals surface area contributed by atoms with Gasteiger partial charge in [-0.15, -0.1) is 11.8 Å². The van der Waals surface area contributed by atoms with E-state index in [2.05, 4.69) is 9.55 Å². The first kappa shape index (κ1) is 15.1. The van der Waals surface area contributed by atoms with E-state index in [1.54, 1.807) is 13.3 Å². The van der Waals surface area contributed by atoms with Crippen molar-refractivity contribution >= 4 is 35.4 Å². The summed E-state index contributed by atoms with van der Waals surface area (Å²) in [6, 6.07) is 0. The number of hydrogen-bond donors (Lipinski definition) is 2. The molecule has 0 aromatic carbocycles. The largest absolute Gasteiger partial charge is 0.477 e. The van der Waals surface area contributed by atoms with Crippen molar-refractivity contribution < 1.29 is 19.8 Å². The Hall–Kier alpha value is -1.45. The number of rotatable bonds is 4. The van der Waals surface area contributed by atoms with Crippen LogP contribution in [0, 0.1) is 5.92 Å². The molecule has 0 aliphatic carbocycles. The summed E-state index contributed by atoms with van der Waals surface area (Å²) < 4.78 is 2.72. The predicted octanol–water partition coefficient (Wildman–Crippen LogP) is 1.23. The zero-order chi connectivity index (χ0) is 16.3. The summed E-state index contributed by atoms with van der Waals surface area (Å²) in [5, 5.41) is 19.1. The standard InChI is InChI=1S/C14H15N3O4S2/c1-6(18)9-11(19)17-10(13(20)21)14(23-12(9)17)22-8-2-3-16-5-15-4-7(8)16/h4-6,8-9,12,18H,2-3H2,1H3,(H,20,21)/t6-,8?,9+,12-/m1/s1. The highest BCUT2D eigenvalue weighted by atomic mass is 32.2. The van der Waals surface area contributed by atoms with Crippen molar-refractivity contribution in [3.63, 3.8) is 0 Å². The van der Waals surface area contributed by atoms with Crippen molar-refractivity contribution in [2.45, 2.75) is 36.6 Å². The zero-order valence-corrected chi connectivity index (χ0v) is 13.9. The molecular weight excluding hydrogens is 338 g/mol. The highest BCUT2D eigenvalue weighted by Crippen LogP contribution is 2.57. The number of aliphatic hydroxyl groups is 1. The molecule has 0 spiro atoms. The Kier molecular flexibility index (Phi) is 3.47. The van der Waals surface area contributed by atoms with Crippen molar-refractivity contribution in [3.8, 4) is 0 Å². The van der Waals surface area contributed by atoms with E-state index in [-0.39, 0.29) is 22.2 Å². The molecule has 122 valence electrons. The van der Waals surface area contributed by atoms with Crippen LogP contribution >= 0.6 is 23.5 Å². The molecule has 9 heteroatoms. The molecule has 4 heterocycles. The van der Waals surface area contributed by atoms with Gasteiger partial charge in [0.1, 0.15) is 5.37 Å². The average Bonchev–Trinajstić information content (AvgIpc) is 3.13. The van der Waals surface area contributed by atoms with E-state index in [9.17, 15) is 19.8 Å². The van der Waals surface area contributed by atoms with Crippen LogP contribution in [0.2, 0.25) is 0 Å². The maximum atomic E-state index is 12.2. The Morgan fingerprint density at radius 1 is 1.57 bits per heavy atom. The van der Waals surface area contributed by atoms with Crippen molar-refractivity contribution in [1.82, 2.24) is 14.5 Å². The number of aliphatic hydroxyl groups excluding tert-OH is 1. The first-order valence-electron chi connectivity index (χ1n) is 7.31. The van der Waals surface area contributed by atoms with Crippen molar-refractivity contribution in [1.29, 1.82) is 0 Å². The molecule has 3 aliphatic rings. The molecule has 1 unspecified atom stereocenters. The average molecular weight is 353 g/mol. The second kappa shape index (κ2) is 5.29. The lowest BCUT2D eigenvalue weighted by Crippen LogP contribution is -2.60. The third kappa shape index (κ3) is 2.14. The lowest BCUT2D eigenvalue weighted by atomic mass is 9.92. The molecule has 1 fully saturated rings. The van der Waals surface area contributed by atoms with E-state index in [0.717, 1.165) is 18.7 Å². The molecule has 7 nitrogen and oxygen atoms in total. The molecule has 1 aromatic heterocycles. The number of aromatic nitrogens is 2. The van der Waals surface area contributed by atoms with Gasteiger partial charge in [0.05, 0.1) is 33.5 Å². The van der Waals surface area contributed by atoms with E-state index >= 15 is 0 Å². The molecule has 0 bridgehead atoms. The first-order valence-corrected chi connectivity index (χ1v) is 9.07. The maximum Gasteiger partial charge on any atom is 0.354 e. The van der Waals surface area contributed by atoms with Gasteiger partial charge in [-0.3, -0.25) is 9.69 Å². The smallest absolute Gasteiger partial charge is 0.354 e. The third-order valence-corrected chi connectivity index (χ3v) is 7.32. The Balaban J connectivity index is 1.61. The summed E-state index contributed by atoms with van der Waals surface area (Å²) in [4.78, 5) is 29.2. The maximum absolute atomic E-state index is 12.2. The number of hydrogen-bond acceptors (Lipinski definition) is 6. The molecule has 23 heavy (non-hydrogen) atoms. The lowest BCUT2D eigenvalue weighted by Gasteiger charge is -2.43. The number of carboxylic acids is 1. The van der Waals surface area contributed by atoms with Crippen LogP contribution < -0.4 is 0 Å². The Morgan fingerprint density at radius 2 is 2.35 bits per heavy atom. The van der Waals surface area contributed by atoms with Crippen molar-refractivity contribution in [2.75, 3.05) is 0 Å². The van der Waals surface area contributed by atoms with Crippen LogP contribution in [-0.2, 0) is 16.1 Å².